The lowest BCUT2D eigenvalue weighted by atomic mass is 10.1. The minimum atomic E-state index is -0.623. The number of carbonyl (C=O) groups excluding carboxylic acids is 1. The highest BCUT2D eigenvalue weighted by atomic mass is 19.1. The largest absolute Gasteiger partial charge is 0.461 e. The van der Waals surface area contributed by atoms with Gasteiger partial charge in [-0.25, -0.2) is 14.2 Å². The van der Waals surface area contributed by atoms with Crippen molar-refractivity contribution < 1.29 is 18.3 Å². The van der Waals surface area contributed by atoms with Crippen LogP contribution < -0.4 is 0 Å². The molecule has 0 bridgehead atoms. The number of halogens is 1. The highest BCUT2D eigenvalue weighted by molar-refractivity contribution is 5.93. The van der Waals surface area contributed by atoms with Crippen LogP contribution in [0.3, 0.4) is 0 Å². The maximum atomic E-state index is 13.7. The number of benzene rings is 1. The van der Waals surface area contributed by atoms with Crippen LogP contribution in [-0.2, 0) is 4.74 Å². The summed E-state index contributed by atoms with van der Waals surface area (Å²) < 4.78 is 23.7. The lowest BCUT2D eigenvalue weighted by molar-refractivity contribution is 0.0520. The van der Waals surface area contributed by atoms with Crippen LogP contribution in [-0.4, -0.2) is 17.6 Å². The summed E-state index contributed by atoms with van der Waals surface area (Å²) in [6.07, 6.45) is 1.10. The average molecular weight is 249 g/mol. The minimum Gasteiger partial charge on any atom is -0.461 e. The molecule has 0 aliphatic rings. The molecule has 2 rings (SSSR count). The standard InChI is InChI=1S/C13H12FNO3/c1-3-17-13(16)11-12(18-7-15-11)9-6-8(2)4-5-10(9)14/h4-7H,3H2,1-2H3. The fourth-order valence-corrected chi connectivity index (χ4v) is 1.60. The molecule has 0 spiro atoms. The van der Waals surface area contributed by atoms with Gasteiger partial charge in [-0.3, -0.25) is 0 Å². The normalized spacial score (nSPS) is 10.4. The number of hydrogen-bond acceptors (Lipinski definition) is 4. The Morgan fingerprint density at radius 1 is 1.50 bits per heavy atom. The molecule has 0 fully saturated rings. The molecular formula is C13H12FNO3. The molecule has 1 aromatic heterocycles. The van der Waals surface area contributed by atoms with Crippen molar-refractivity contribution in [3.63, 3.8) is 0 Å². The Labute approximate surface area is 103 Å². The molecule has 0 atom stereocenters. The van der Waals surface area contributed by atoms with Crippen LogP contribution in [0.4, 0.5) is 4.39 Å². The van der Waals surface area contributed by atoms with Crippen LogP contribution in [0.5, 0.6) is 0 Å². The quantitative estimate of drug-likeness (QED) is 0.785. The molecule has 0 saturated carbocycles. The van der Waals surface area contributed by atoms with Gasteiger partial charge in [0.25, 0.3) is 0 Å². The summed E-state index contributed by atoms with van der Waals surface area (Å²) in [5, 5.41) is 0. The highest BCUT2D eigenvalue weighted by Gasteiger charge is 2.21. The molecule has 4 nitrogen and oxygen atoms in total. The second kappa shape index (κ2) is 5.00. The predicted molar refractivity (Wildman–Crippen MR) is 62.6 cm³/mol. The van der Waals surface area contributed by atoms with Crippen molar-refractivity contribution in [1.29, 1.82) is 0 Å². The van der Waals surface area contributed by atoms with E-state index in [1.54, 1.807) is 19.1 Å². The van der Waals surface area contributed by atoms with Crippen molar-refractivity contribution in [2.75, 3.05) is 6.61 Å². The van der Waals surface area contributed by atoms with E-state index in [1.165, 1.54) is 6.07 Å². The third kappa shape index (κ3) is 2.25. The van der Waals surface area contributed by atoms with Gasteiger partial charge in [0.15, 0.2) is 17.8 Å². The second-order valence-corrected chi connectivity index (χ2v) is 3.73. The summed E-state index contributed by atoms with van der Waals surface area (Å²) in [6, 6.07) is 4.56. The Bertz CT molecular complexity index is 577. The van der Waals surface area contributed by atoms with Crippen molar-refractivity contribution in [3.8, 4) is 11.3 Å². The van der Waals surface area contributed by atoms with E-state index in [9.17, 15) is 9.18 Å². The lowest BCUT2D eigenvalue weighted by Crippen LogP contribution is -2.06. The van der Waals surface area contributed by atoms with Crippen molar-refractivity contribution in [2.24, 2.45) is 0 Å². The van der Waals surface area contributed by atoms with E-state index in [0.717, 1.165) is 12.0 Å². The molecule has 0 aliphatic heterocycles. The van der Waals surface area contributed by atoms with Gasteiger partial charge in [-0.15, -0.1) is 0 Å². The first-order valence-corrected chi connectivity index (χ1v) is 5.50. The monoisotopic (exact) mass is 249 g/mol. The second-order valence-electron chi connectivity index (χ2n) is 3.73. The summed E-state index contributed by atoms with van der Waals surface area (Å²) in [5.74, 6) is -1.00. The topological polar surface area (TPSA) is 52.3 Å². The van der Waals surface area contributed by atoms with Crippen molar-refractivity contribution in [3.05, 3.63) is 41.7 Å². The van der Waals surface area contributed by atoms with E-state index in [-0.39, 0.29) is 23.6 Å². The Balaban J connectivity index is 2.48. The third-order valence-corrected chi connectivity index (χ3v) is 2.40. The maximum absolute atomic E-state index is 13.7. The molecule has 0 saturated heterocycles. The SMILES string of the molecule is CCOC(=O)c1ncoc1-c1cc(C)ccc1F. The third-order valence-electron chi connectivity index (χ3n) is 2.40. The average Bonchev–Trinajstić information content (AvgIpc) is 2.81. The molecular weight excluding hydrogens is 237 g/mol. The molecule has 0 aliphatic carbocycles. The van der Waals surface area contributed by atoms with E-state index >= 15 is 0 Å². The molecule has 94 valence electrons. The molecule has 1 aromatic carbocycles. The number of aryl methyl sites for hydroxylation is 1. The molecule has 0 amide bonds. The van der Waals surface area contributed by atoms with E-state index in [2.05, 4.69) is 4.98 Å². The van der Waals surface area contributed by atoms with Crippen LogP contribution in [0.2, 0.25) is 0 Å². The molecule has 5 heteroatoms. The zero-order valence-electron chi connectivity index (χ0n) is 10.1. The van der Waals surface area contributed by atoms with E-state index < -0.39 is 11.8 Å². The first-order chi connectivity index (χ1) is 8.63. The number of esters is 1. The van der Waals surface area contributed by atoms with Gasteiger partial charge in [0, 0.05) is 0 Å². The molecule has 0 radical (unpaired) electrons. The smallest absolute Gasteiger partial charge is 0.360 e. The van der Waals surface area contributed by atoms with E-state index in [1.807, 2.05) is 6.92 Å². The first-order valence-electron chi connectivity index (χ1n) is 5.50. The number of hydrogen-bond donors (Lipinski definition) is 0. The number of oxazole rings is 1. The maximum Gasteiger partial charge on any atom is 0.360 e. The Hall–Kier alpha value is -2.17. The molecule has 0 N–H and O–H groups in total. The lowest BCUT2D eigenvalue weighted by Gasteiger charge is -2.03. The van der Waals surface area contributed by atoms with Crippen molar-refractivity contribution in [1.82, 2.24) is 4.98 Å². The summed E-state index contributed by atoms with van der Waals surface area (Å²) in [4.78, 5) is 15.4. The Morgan fingerprint density at radius 3 is 3.00 bits per heavy atom. The molecule has 0 unspecified atom stereocenters. The number of rotatable bonds is 3. The van der Waals surface area contributed by atoms with Gasteiger partial charge in [0.2, 0.25) is 0 Å². The van der Waals surface area contributed by atoms with Gasteiger partial charge in [-0.05, 0) is 26.0 Å². The zero-order chi connectivity index (χ0) is 13.1. The number of aromatic nitrogens is 1. The van der Waals surface area contributed by atoms with Crippen LogP contribution in [0.25, 0.3) is 11.3 Å². The number of nitrogens with zero attached hydrogens (tertiary/aromatic N) is 1. The fraction of sp³-hybridized carbons (Fsp3) is 0.231. The Morgan fingerprint density at radius 2 is 2.28 bits per heavy atom. The van der Waals surface area contributed by atoms with Crippen molar-refractivity contribution in [2.45, 2.75) is 13.8 Å². The van der Waals surface area contributed by atoms with Gasteiger partial charge in [-0.2, -0.15) is 0 Å². The minimum absolute atomic E-state index is 0.0126. The summed E-state index contributed by atoms with van der Waals surface area (Å²) in [6.45, 7) is 3.73. The van der Waals surface area contributed by atoms with Gasteiger partial charge in [0.05, 0.1) is 12.2 Å². The van der Waals surface area contributed by atoms with E-state index in [4.69, 9.17) is 9.15 Å². The van der Waals surface area contributed by atoms with Crippen LogP contribution in [0.1, 0.15) is 23.0 Å². The van der Waals surface area contributed by atoms with Crippen LogP contribution in [0.15, 0.2) is 29.0 Å². The fourth-order valence-electron chi connectivity index (χ4n) is 1.60. The van der Waals surface area contributed by atoms with Crippen LogP contribution in [0, 0.1) is 12.7 Å². The molecule has 18 heavy (non-hydrogen) atoms. The zero-order valence-corrected chi connectivity index (χ0v) is 10.1. The van der Waals surface area contributed by atoms with E-state index in [0.29, 0.717) is 0 Å². The predicted octanol–water partition coefficient (Wildman–Crippen LogP) is 2.97. The molecule has 1 heterocycles. The molecule has 2 aromatic rings. The van der Waals surface area contributed by atoms with Gasteiger partial charge in [0.1, 0.15) is 5.82 Å². The van der Waals surface area contributed by atoms with Gasteiger partial charge >= 0.3 is 5.97 Å². The van der Waals surface area contributed by atoms with Gasteiger partial charge < -0.3 is 9.15 Å². The first kappa shape index (κ1) is 12.3. The summed E-state index contributed by atoms with van der Waals surface area (Å²) >= 11 is 0. The van der Waals surface area contributed by atoms with Gasteiger partial charge in [-0.1, -0.05) is 11.6 Å². The summed E-state index contributed by atoms with van der Waals surface area (Å²) in [5.41, 5.74) is 1.05. The number of ether oxygens (including phenoxy) is 1. The number of carbonyl (C=O) groups is 1. The summed E-state index contributed by atoms with van der Waals surface area (Å²) in [7, 11) is 0. The van der Waals surface area contributed by atoms with Crippen LogP contribution >= 0.6 is 0 Å². The van der Waals surface area contributed by atoms with Crippen molar-refractivity contribution >= 4 is 5.97 Å². The highest BCUT2D eigenvalue weighted by Crippen LogP contribution is 2.27. The Kier molecular flexibility index (Phi) is 3.41.